The van der Waals surface area contributed by atoms with Crippen LogP contribution < -0.4 is 23.9 Å². The van der Waals surface area contributed by atoms with Gasteiger partial charge in [-0.2, -0.15) is 5.10 Å². The first kappa shape index (κ1) is 22.8. The average Bonchev–Trinajstić information content (AvgIpc) is 2.72. The zero-order chi connectivity index (χ0) is 22.3. The van der Waals surface area contributed by atoms with Crippen molar-refractivity contribution in [1.29, 1.82) is 0 Å². The maximum atomic E-state index is 12.3. The zero-order valence-corrected chi connectivity index (χ0v) is 17.8. The monoisotopic (exact) mass is 437 g/mol. The summed E-state index contributed by atoms with van der Waals surface area (Å²) in [5, 5.41) is 13.4. The van der Waals surface area contributed by atoms with Gasteiger partial charge in [0.1, 0.15) is 18.0 Å². The molecule has 2 N–H and O–H groups in total. The highest BCUT2D eigenvalue weighted by Crippen LogP contribution is 2.33. The molecular weight excluding hydrogens is 414 g/mol. The minimum atomic E-state index is -3.80. The number of hydrazone groups is 1. The fraction of sp³-hybridized carbons (Fsp3) is 0.263. The third kappa shape index (κ3) is 5.77. The van der Waals surface area contributed by atoms with Crippen molar-refractivity contribution < 1.29 is 32.5 Å². The van der Waals surface area contributed by atoms with Crippen LogP contribution >= 0.6 is 0 Å². The summed E-state index contributed by atoms with van der Waals surface area (Å²) in [5.41, 5.74) is 3.01. The molecule has 11 heteroatoms. The van der Waals surface area contributed by atoms with Crippen molar-refractivity contribution in [2.75, 3.05) is 38.4 Å². The molecule has 0 saturated carbocycles. The first-order valence-electron chi connectivity index (χ1n) is 8.58. The second-order valence-electron chi connectivity index (χ2n) is 6.03. The van der Waals surface area contributed by atoms with E-state index in [1.165, 1.54) is 51.8 Å². The number of carbonyl (C=O) groups is 1. The number of nitrogens with zero attached hydrogens (tertiary/aromatic N) is 2. The molecule has 0 bridgehead atoms. The lowest BCUT2D eigenvalue weighted by Crippen LogP contribution is -2.39. The fourth-order valence-electron chi connectivity index (χ4n) is 2.49. The van der Waals surface area contributed by atoms with Gasteiger partial charge in [-0.25, -0.2) is 13.8 Å². The molecule has 0 unspecified atom stereocenters. The minimum Gasteiger partial charge on any atom is -0.504 e. The number of benzene rings is 2. The van der Waals surface area contributed by atoms with E-state index >= 15 is 0 Å². The molecule has 0 aliphatic carbocycles. The lowest BCUT2D eigenvalue weighted by molar-refractivity contribution is -0.119. The molecule has 162 valence electrons. The number of methoxy groups -OCH3 is 3. The first-order chi connectivity index (χ1) is 14.2. The van der Waals surface area contributed by atoms with Gasteiger partial charge in [-0.1, -0.05) is 0 Å². The van der Waals surface area contributed by atoms with Gasteiger partial charge >= 0.3 is 0 Å². The Labute approximate surface area is 174 Å². The van der Waals surface area contributed by atoms with Crippen molar-refractivity contribution in [2.24, 2.45) is 5.10 Å². The summed E-state index contributed by atoms with van der Waals surface area (Å²) in [6, 6.07) is 9.07. The van der Waals surface area contributed by atoms with Crippen molar-refractivity contribution in [3.8, 4) is 23.0 Å². The molecule has 0 fully saturated rings. The number of carbonyl (C=O) groups excluding carboxylic acids is 1. The Morgan fingerprint density at radius 1 is 1.10 bits per heavy atom. The van der Waals surface area contributed by atoms with E-state index in [0.29, 0.717) is 11.3 Å². The summed E-state index contributed by atoms with van der Waals surface area (Å²) in [6.07, 6.45) is 2.31. The minimum absolute atomic E-state index is 0.0316. The van der Waals surface area contributed by atoms with Gasteiger partial charge in [-0.3, -0.25) is 9.10 Å². The molecule has 0 radical (unpaired) electrons. The summed E-state index contributed by atoms with van der Waals surface area (Å²) in [5.74, 6) is 0.256. The Morgan fingerprint density at radius 2 is 1.80 bits per heavy atom. The quantitative estimate of drug-likeness (QED) is 0.448. The van der Waals surface area contributed by atoms with E-state index in [9.17, 15) is 18.3 Å². The highest BCUT2D eigenvalue weighted by molar-refractivity contribution is 7.92. The number of ether oxygens (including phenoxy) is 3. The second-order valence-corrected chi connectivity index (χ2v) is 7.94. The van der Waals surface area contributed by atoms with Crippen LogP contribution in [0, 0.1) is 0 Å². The van der Waals surface area contributed by atoms with E-state index in [4.69, 9.17) is 14.2 Å². The molecule has 0 aromatic heterocycles. The number of rotatable bonds is 9. The first-order valence-corrected chi connectivity index (χ1v) is 10.4. The molecule has 1 amide bonds. The van der Waals surface area contributed by atoms with E-state index in [0.717, 1.165) is 10.6 Å². The zero-order valence-electron chi connectivity index (χ0n) is 16.9. The number of phenolic OH excluding ortho intramolecular Hbond substituents is 1. The highest BCUT2D eigenvalue weighted by atomic mass is 32.2. The molecule has 2 aromatic carbocycles. The molecule has 0 spiro atoms. The number of hydrogen-bond acceptors (Lipinski definition) is 8. The number of anilines is 1. The summed E-state index contributed by atoms with van der Waals surface area (Å²) in [6.45, 7) is -0.516. The molecule has 30 heavy (non-hydrogen) atoms. The Balaban J connectivity index is 2.17. The van der Waals surface area contributed by atoms with E-state index in [2.05, 4.69) is 10.5 Å². The van der Waals surface area contributed by atoms with Crippen LogP contribution in [0.2, 0.25) is 0 Å². The normalized spacial score (nSPS) is 11.2. The van der Waals surface area contributed by atoms with Crippen LogP contribution in [0.5, 0.6) is 23.0 Å². The third-order valence-corrected chi connectivity index (χ3v) is 5.08. The van der Waals surface area contributed by atoms with E-state index in [1.54, 1.807) is 12.1 Å². The van der Waals surface area contributed by atoms with Gasteiger partial charge in [0.15, 0.2) is 11.5 Å². The Hall–Kier alpha value is -3.47. The van der Waals surface area contributed by atoms with Crippen molar-refractivity contribution in [2.45, 2.75) is 0 Å². The van der Waals surface area contributed by atoms with Gasteiger partial charge < -0.3 is 19.3 Å². The summed E-state index contributed by atoms with van der Waals surface area (Å²) < 4.78 is 40.8. The molecule has 2 rings (SSSR count). The van der Waals surface area contributed by atoms with E-state index in [-0.39, 0.29) is 22.9 Å². The van der Waals surface area contributed by atoms with Crippen molar-refractivity contribution >= 4 is 27.8 Å². The second kappa shape index (κ2) is 9.83. The Kier molecular flexibility index (Phi) is 7.48. The SMILES string of the molecule is COc1ccc(N(CC(=O)N/N=C\c2ccc(O)c(OC)c2)S(C)(=O)=O)c(OC)c1. The average molecular weight is 437 g/mol. The van der Waals surface area contributed by atoms with Crippen molar-refractivity contribution in [3.63, 3.8) is 0 Å². The predicted molar refractivity (Wildman–Crippen MR) is 112 cm³/mol. The van der Waals surface area contributed by atoms with Crippen LogP contribution in [-0.4, -0.2) is 59.8 Å². The number of aromatic hydroxyl groups is 1. The van der Waals surface area contributed by atoms with Gasteiger partial charge in [0, 0.05) is 6.07 Å². The Bertz CT molecular complexity index is 1040. The summed E-state index contributed by atoms with van der Waals surface area (Å²) in [4.78, 5) is 12.3. The van der Waals surface area contributed by atoms with Gasteiger partial charge in [0.25, 0.3) is 5.91 Å². The summed E-state index contributed by atoms with van der Waals surface area (Å²) in [7, 11) is 0.461. The van der Waals surface area contributed by atoms with Gasteiger partial charge in [0.2, 0.25) is 10.0 Å². The lowest BCUT2D eigenvalue weighted by atomic mass is 10.2. The molecule has 0 aliphatic rings. The molecule has 10 nitrogen and oxygen atoms in total. The molecule has 2 aromatic rings. The predicted octanol–water partition coefficient (Wildman–Crippen LogP) is 1.33. The number of sulfonamides is 1. The van der Waals surface area contributed by atoms with Gasteiger partial charge in [-0.05, 0) is 35.9 Å². The molecule has 0 aliphatic heterocycles. The molecule has 0 atom stereocenters. The van der Waals surface area contributed by atoms with E-state index in [1.807, 2.05) is 0 Å². The molecular formula is C19H23N3O7S. The van der Waals surface area contributed by atoms with Crippen LogP contribution in [0.3, 0.4) is 0 Å². The highest BCUT2D eigenvalue weighted by Gasteiger charge is 2.24. The number of amides is 1. The maximum Gasteiger partial charge on any atom is 0.260 e. The smallest absolute Gasteiger partial charge is 0.260 e. The number of nitrogens with one attached hydrogen (secondary N) is 1. The van der Waals surface area contributed by atoms with E-state index < -0.39 is 22.5 Å². The number of phenols is 1. The topological polar surface area (TPSA) is 127 Å². The maximum absolute atomic E-state index is 12.3. The van der Waals surface area contributed by atoms with Crippen LogP contribution in [0.4, 0.5) is 5.69 Å². The van der Waals surface area contributed by atoms with Crippen LogP contribution in [0.1, 0.15) is 5.56 Å². The fourth-order valence-corrected chi connectivity index (χ4v) is 3.35. The van der Waals surface area contributed by atoms with Crippen LogP contribution in [0.15, 0.2) is 41.5 Å². The number of hydrogen-bond donors (Lipinski definition) is 2. The van der Waals surface area contributed by atoms with Crippen LogP contribution in [-0.2, 0) is 14.8 Å². The molecule has 0 heterocycles. The largest absolute Gasteiger partial charge is 0.504 e. The molecule has 0 saturated heterocycles. The van der Waals surface area contributed by atoms with Gasteiger partial charge in [0.05, 0.1) is 39.5 Å². The van der Waals surface area contributed by atoms with Crippen molar-refractivity contribution in [3.05, 3.63) is 42.0 Å². The Morgan fingerprint density at radius 3 is 2.40 bits per heavy atom. The van der Waals surface area contributed by atoms with Crippen LogP contribution in [0.25, 0.3) is 0 Å². The van der Waals surface area contributed by atoms with Crippen molar-refractivity contribution in [1.82, 2.24) is 5.43 Å². The lowest BCUT2D eigenvalue weighted by Gasteiger charge is -2.23. The third-order valence-electron chi connectivity index (χ3n) is 3.95. The van der Waals surface area contributed by atoms with Gasteiger partial charge in [-0.15, -0.1) is 0 Å². The standard InChI is InChI=1S/C19H23N3O7S/c1-27-14-6-7-15(17(10-14)28-2)22(30(4,25)26)12-19(24)21-20-11-13-5-8-16(23)18(9-13)29-3/h5-11,23H,12H2,1-4H3,(H,21,24)/b20-11-. The summed E-state index contributed by atoms with van der Waals surface area (Å²) >= 11 is 0.